The summed E-state index contributed by atoms with van der Waals surface area (Å²) in [6.07, 6.45) is -5.71. The molecule has 0 amide bonds. The average Bonchev–Trinajstić information content (AvgIpc) is 3.14. The van der Waals surface area contributed by atoms with E-state index in [1.807, 2.05) is 0 Å². The number of aliphatic hydroxyl groups is 4. The fourth-order valence-corrected chi connectivity index (χ4v) is 4.49. The first-order valence-corrected chi connectivity index (χ1v) is 11.2. The molecule has 0 aliphatic carbocycles. The van der Waals surface area contributed by atoms with Crippen LogP contribution >= 0.6 is 7.60 Å². The van der Waals surface area contributed by atoms with E-state index in [1.165, 1.54) is 6.20 Å². The molecule has 7 atom stereocenters. The number of aromatic amines is 1. The van der Waals surface area contributed by atoms with Crippen LogP contribution in [0.25, 0.3) is 0 Å². The van der Waals surface area contributed by atoms with Gasteiger partial charge in [0.15, 0.2) is 0 Å². The second-order valence-corrected chi connectivity index (χ2v) is 9.49. The van der Waals surface area contributed by atoms with E-state index in [9.17, 15) is 39.5 Å². The second kappa shape index (κ2) is 9.39. The molecule has 30 heavy (non-hydrogen) atoms. The Morgan fingerprint density at radius 2 is 1.77 bits per heavy atom. The molecule has 3 rings (SSSR count). The molecule has 2 aliphatic rings. The average molecular weight is 451 g/mol. The standard InChI is InChI=1S/C16H26N3O10P/c20-9-5-18(6-10(9)21)3-4-30(26,27)28-8-12-15(24)14(23)11(29-12)7-19-2-1-13(22)17-16(19)25/h1-2,9-12,14-15,20-21,23-24H,3-8H2,(H,26,27)(H,17,22,25)/t9-,10-,11-,12+,14-,15+/m0/s1. The molecule has 0 radical (unpaired) electrons. The summed E-state index contributed by atoms with van der Waals surface area (Å²) in [4.78, 5) is 36.5. The van der Waals surface area contributed by atoms with Crippen molar-refractivity contribution in [2.75, 3.05) is 32.4 Å². The molecule has 170 valence electrons. The monoisotopic (exact) mass is 451 g/mol. The molecule has 13 nitrogen and oxygen atoms in total. The summed E-state index contributed by atoms with van der Waals surface area (Å²) in [7, 11) is -4.06. The predicted molar refractivity (Wildman–Crippen MR) is 101 cm³/mol. The highest BCUT2D eigenvalue weighted by Crippen LogP contribution is 2.42. The summed E-state index contributed by atoms with van der Waals surface area (Å²) in [5.74, 6) is 0. The third-order valence-corrected chi connectivity index (χ3v) is 6.53. The molecule has 2 aliphatic heterocycles. The van der Waals surface area contributed by atoms with Gasteiger partial charge in [-0.05, 0) is 0 Å². The van der Waals surface area contributed by atoms with E-state index in [0.717, 1.165) is 10.6 Å². The van der Waals surface area contributed by atoms with Gasteiger partial charge in [-0.15, -0.1) is 0 Å². The van der Waals surface area contributed by atoms with Crippen molar-refractivity contribution >= 4 is 7.60 Å². The Kier molecular flexibility index (Phi) is 7.28. The lowest BCUT2D eigenvalue weighted by atomic mass is 10.1. The predicted octanol–water partition coefficient (Wildman–Crippen LogP) is -3.73. The van der Waals surface area contributed by atoms with Crippen LogP contribution in [0, 0.1) is 0 Å². The number of H-pyrrole nitrogens is 1. The van der Waals surface area contributed by atoms with Crippen LogP contribution in [0.1, 0.15) is 0 Å². The largest absolute Gasteiger partial charge is 0.389 e. The highest BCUT2D eigenvalue weighted by molar-refractivity contribution is 7.52. The SMILES string of the molecule is O=c1ccn(C[C@@H]2O[C@H](COP(=O)(O)CCN3C[C@H](O)[C@@H](O)C3)[C@@H](O)[C@H]2O)c(=O)[nH]1. The van der Waals surface area contributed by atoms with Gasteiger partial charge < -0.3 is 34.6 Å². The number of aromatic nitrogens is 2. The fraction of sp³-hybridized carbons (Fsp3) is 0.750. The highest BCUT2D eigenvalue weighted by atomic mass is 31.2. The van der Waals surface area contributed by atoms with Crippen LogP contribution in [0.15, 0.2) is 21.9 Å². The van der Waals surface area contributed by atoms with Crippen molar-refractivity contribution in [3.05, 3.63) is 33.1 Å². The van der Waals surface area contributed by atoms with Gasteiger partial charge in [0.1, 0.15) is 24.4 Å². The van der Waals surface area contributed by atoms with E-state index in [4.69, 9.17) is 9.26 Å². The first kappa shape index (κ1) is 23.3. The van der Waals surface area contributed by atoms with Gasteiger partial charge in [0.25, 0.3) is 5.56 Å². The Morgan fingerprint density at radius 3 is 2.40 bits per heavy atom. The van der Waals surface area contributed by atoms with Crippen molar-refractivity contribution in [1.29, 1.82) is 0 Å². The third kappa shape index (κ3) is 5.63. The summed E-state index contributed by atoms with van der Waals surface area (Å²) in [6, 6.07) is 1.13. The highest BCUT2D eigenvalue weighted by Gasteiger charge is 2.43. The minimum atomic E-state index is -4.06. The van der Waals surface area contributed by atoms with E-state index in [2.05, 4.69) is 4.98 Å². The summed E-state index contributed by atoms with van der Waals surface area (Å²) >= 11 is 0. The molecule has 3 heterocycles. The van der Waals surface area contributed by atoms with Crippen molar-refractivity contribution in [3.8, 4) is 0 Å². The van der Waals surface area contributed by atoms with Gasteiger partial charge in [-0.1, -0.05) is 0 Å². The summed E-state index contributed by atoms with van der Waals surface area (Å²) in [6.45, 7) is -0.126. The van der Waals surface area contributed by atoms with Gasteiger partial charge in [0, 0.05) is 31.9 Å². The number of rotatable bonds is 8. The molecule has 0 aromatic carbocycles. The Balaban J connectivity index is 1.50. The van der Waals surface area contributed by atoms with Gasteiger partial charge >= 0.3 is 13.3 Å². The number of hydrogen-bond donors (Lipinski definition) is 6. The van der Waals surface area contributed by atoms with Gasteiger partial charge in [0.05, 0.1) is 31.5 Å². The van der Waals surface area contributed by atoms with Crippen LogP contribution in [0.4, 0.5) is 0 Å². The molecule has 6 N–H and O–H groups in total. The quantitative estimate of drug-likeness (QED) is 0.213. The van der Waals surface area contributed by atoms with Crippen LogP contribution < -0.4 is 11.2 Å². The number of likely N-dealkylation sites (tertiary alicyclic amines) is 1. The maximum Gasteiger partial charge on any atom is 0.329 e. The zero-order valence-corrected chi connectivity index (χ0v) is 16.9. The van der Waals surface area contributed by atoms with Gasteiger partial charge in [-0.2, -0.15) is 0 Å². The molecular formula is C16H26N3O10P. The Labute approximate surface area is 170 Å². The number of nitrogens with zero attached hydrogens (tertiary/aromatic N) is 2. The molecule has 1 aromatic heterocycles. The number of β-amino-alcohol motifs (C(OH)–C–C–N with tert-alkyl or cyclic N) is 2. The van der Waals surface area contributed by atoms with Crippen LogP contribution in [0.2, 0.25) is 0 Å². The Morgan fingerprint density at radius 1 is 1.13 bits per heavy atom. The molecule has 2 fully saturated rings. The normalized spacial score (nSPS) is 34.3. The van der Waals surface area contributed by atoms with Gasteiger partial charge in [-0.3, -0.25) is 23.8 Å². The van der Waals surface area contributed by atoms with Crippen LogP contribution in [-0.2, 0) is 20.4 Å². The smallest absolute Gasteiger partial charge is 0.329 e. The van der Waals surface area contributed by atoms with Gasteiger partial charge in [0.2, 0.25) is 0 Å². The lowest BCUT2D eigenvalue weighted by Crippen LogP contribution is -2.38. The van der Waals surface area contributed by atoms with E-state index in [1.54, 1.807) is 4.90 Å². The van der Waals surface area contributed by atoms with Gasteiger partial charge in [-0.25, -0.2) is 4.79 Å². The zero-order valence-electron chi connectivity index (χ0n) is 16.0. The molecule has 1 aromatic rings. The molecule has 0 saturated carbocycles. The lowest BCUT2D eigenvalue weighted by Gasteiger charge is -2.20. The van der Waals surface area contributed by atoms with E-state index < -0.39 is 62.1 Å². The minimum Gasteiger partial charge on any atom is -0.389 e. The molecular weight excluding hydrogens is 425 g/mol. The molecule has 14 heteroatoms. The summed E-state index contributed by atoms with van der Waals surface area (Å²) in [5, 5.41) is 39.3. The van der Waals surface area contributed by atoms with Crippen molar-refractivity contribution in [2.24, 2.45) is 0 Å². The number of ether oxygens (including phenoxy) is 1. The Hall–Kier alpha value is -1.41. The fourth-order valence-electron chi connectivity index (χ4n) is 3.45. The number of nitrogens with one attached hydrogen (secondary N) is 1. The third-order valence-electron chi connectivity index (χ3n) is 5.21. The molecule has 0 bridgehead atoms. The van der Waals surface area contributed by atoms with Crippen molar-refractivity contribution in [3.63, 3.8) is 0 Å². The van der Waals surface area contributed by atoms with Crippen molar-refractivity contribution in [2.45, 2.75) is 43.2 Å². The molecule has 0 spiro atoms. The van der Waals surface area contributed by atoms with Crippen LogP contribution in [0.3, 0.4) is 0 Å². The maximum absolute atomic E-state index is 12.2. The van der Waals surface area contributed by atoms with Crippen LogP contribution in [-0.4, -0.2) is 109 Å². The van der Waals surface area contributed by atoms with Crippen LogP contribution in [0.5, 0.6) is 0 Å². The molecule has 1 unspecified atom stereocenters. The first-order chi connectivity index (χ1) is 14.1. The van der Waals surface area contributed by atoms with Crippen molar-refractivity contribution < 1.29 is 39.1 Å². The zero-order chi connectivity index (χ0) is 22.1. The van der Waals surface area contributed by atoms with E-state index in [0.29, 0.717) is 0 Å². The first-order valence-electron chi connectivity index (χ1n) is 9.42. The lowest BCUT2D eigenvalue weighted by molar-refractivity contribution is -0.0232. The van der Waals surface area contributed by atoms with E-state index >= 15 is 0 Å². The second-order valence-electron chi connectivity index (χ2n) is 7.51. The number of hydrogen-bond acceptors (Lipinski definition) is 10. The summed E-state index contributed by atoms with van der Waals surface area (Å²) in [5.41, 5.74) is -1.28. The Bertz CT molecular complexity index is 881. The number of aliphatic hydroxyl groups excluding tert-OH is 4. The van der Waals surface area contributed by atoms with Crippen molar-refractivity contribution in [1.82, 2.24) is 14.5 Å². The molecule has 2 saturated heterocycles. The topological polar surface area (TPSA) is 195 Å². The maximum atomic E-state index is 12.2. The van der Waals surface area contributed by atoms with E-state index in [-0.39, 0.29) is 32.3 Å². The summed E-state index contributed by atoms with van der Waals surface area (Å²) < 4.78 is 23.9. The minimum absolute atomic E-state index is 0.121.